The molecule has 1 heterocycles. The highest BCUT2D eigenvalue weighted by Crippen LogP contribution is 2.33. The van der Waals surface area contributed by atoms with Crippen LogP contribution in [0.1, 0.15) is 25.7 Å². The van der Waals surface area contributed by atoms with Crippen LogP contribution in [0.25, 0.3) is 0 Å². The van der Waals surface area contributed by atoms with Gasteiger partial charge in [0.2, 0.25) is 5.91 Å². The number of hydrogen-bond donors (Lipinski definition) is 0. The first kappa shape index (κ1) is 10.9. The predicted octanol–water partition coefficient (Wildman–Crippen LogP) is 0.432. The van der Waals surface area contributed by atoms with Gasteiger partial charge < -0.3 is 4.90 Å². The number of nitrogens with zero attached hydrogens (tertiary/aromatic N) is 1. The van der Waals surface area contributed by atoms with Crippen molar-refractivity contribution in [2.75, 3.05) is 19.3 Å². The van der Waals surface area contributed by atoms with Crippen LogP contribution in [0.4, 0.5) is 0 Å². The van der Waals surface area contributed by atoms with Gasteiger partial charge in [0.15, 0.2) is 9.84 Å². The molecule has 0 unspecified atom stereocenters. The Morgan fingerprint density at radius 2 is 1.93 bits per heavy atom. The molecule has 1 saturated heterocycles. The number of carbonyl (C=O) groups excluding carboxylic acids is 1. The summed E-state index contributed by atoms with van der Waals surface area (Å²) in [6.07, 6.45) is 3.34. The van der Waals surface area contributed by atoms with Crippen molar-refractivity contribution in [1.29, 1.82) is 0 Å². The monoisotopic (exact) mass is 231 g/mol. The molecule has 2 atom stereocenters. The third-order valence-electron chi connectivity index (χ3n) is 3.57. The fourth-order valence-electron chi connectivity index (χ4n) is 2.62. The molecule has 0 aromatic rings. The van der Waals surface area contributed by atoms with Crippen molar-refractivity contribution < 1.29 is 13.2 Å². The van der Waals surface area contributed by atoms with Crippen molar-refractivity contribution in [2.24, 2.45) is 5.92 Å². The van der Waals surface area contributed by atoms with Crippen molar-refractivity contribution in [3.63, 3.8) is 0 Å². The third-order valence-corrected chi connectivity index (χ3v) is 5.81. The minimum Gasteiger partial charge on any atom is -0.344 e. The highest BCUT2D eigenvalue weighted by atomic mass is 32.2. The van der Waals surface area contributed by atoms with Gasteiger partial charge in [0.05, 0.1) is 16.9 Å². The third kappa shape index (κ3) is 1.89. The zero-order chi connectivity index (χ0) is 11.1. The summed E-state index contributed by atoms with van der Waals surface area (Å²) >= 11 is 0. The summed E-state index contributed by atoms with van der Waals surface area (Å²) in [5.74, 6) is -0.104. The maximum atomic E-state index is 11.9. The molecule has 5 heteroatoms. The zero-order valence-electron chi connectivity index (χ0n) is 8.98. The summed E-state index contributed by atoms with van der Waals surface area (Å²) in [5, 5.41) is -0.399. The van der Waals surface area contributed by atoms with Crippen molar-refractivity contribution in [3.8, 4) is 0 Å². The molecule has 0 N–H and O–H groups in total. The molecule has 86 valence electrons. The van der Waals surface area contributed by atoms with Gasteiger partial charge in [-0.25, -0.2) is 8.42 Å². The molecule has 0 radical (unpaired) electrons. The van der Waals surface area contributed by atoms with Crippen LogP contribution < -0.4 is 0 Å². The molecule has 1 aliphatic heterocycles. The average Bonchev–Trinajstić information content (AvgIpc) is 2.31. The summed E-state index contributed by atoms with van der Waals surface area (Å²) in [4.78, 5) is 13.5. The van der Waals surface area contributed by atoms with Crippen molar-refractivity contribution in [2.45, 2.75) is 30.9 Å². The Labute approximate surface area is 90.6 Å². The maximum absolute atomic E-state index is 11.9. The fourth-order valence-corrected chi connectivity index (χ4v) is 4.73. The number of hydrogen-bond acceptors (Lipinski definition) is 3. The number of amides is 1. The molecule has 15 heavy (non-hydrogen) atoms. The summed E-state index contributed by atoms with van der Waals surface area (Å²) in [6.45, 7) is 0.355. The molecule has 1 aliphatic carbocycles. The lowest BCUT2D eigenvalue weighted by atomic mass is 9.88. The van der Waals surface area contributed by atoms with E-state index in [1.807, 2.05) is 0 Å². The van der Waals surface area contributed by atoms with Gasteiger partial charge in [0, 0.05) is 13.6 Å². The molecule has 4 nitrogen and oxygen atoms in total. The van der Waals surface area contributed by atoms with E-state index in [1.165, 1.54) is 0 Å². The lowest BCUT2D eigenvalue weighted by Crippen LogP contribution is -2.39. The molecular formula is C10H17NO3S. The molecular weight excluding hydrogens is 214 g/mol. The molecule has 0 bridgehead atoms. The van der Waals surface area contributed by atoms with E-state index in [9.17, 15) is 13.2 Å². The van der Waals surface area contributed by atoms with Crippen LogP contribution in [0.3, 0.4) is 0 Å². The Balaban J connectivity index is 2.35. The smallest absolute Gasteiger partial charge is 0.226 e. The standard InChI is InChI=1S/C10H17NO3S/c1-11-6-7-15(13,14)9-5-3-2-4-8(9)10(11)12/h8-9H,2-7H2,1H3/t8-,9-/m0/s1. The lowest BCUT2D eigenvalue weighted by Gasteiger charge is -2.28. The summed E-state index contributed by atoms with van der Waals surface area (Å²) < 4.78 is 23.9. The van der Waals surface area contributed by atoms with Crippen LogP contribution >= 0.6 is 0 Å². The summed E-state index contributed by atoms with van der Waals surface area (Å²) in [6, 6.07) is 0. The van der Waals surface area contributed by atoms with E-state index in [4.69, 9.17) is 0 Å². The molecule has 2 rings (SSSR count). The van der Waals surface area contributed by atoms with E-state index < -0.39 is 15.1 Å². The SMILES string of the molecule is CN1CCS(=O)(=O)[C@H]2CCCC[C@@H]2C1=O. The highest BCUT2D eigenvalue weighted by Gasteiger charge is 2.42. The first-order valence-corrected chi connectivity index (χ1v) is 7.20. The van der Waals surface area contributed by atoms with Crippen molar-refractivity contribution >= 4 is 15.7 Å². The van der Waals surface area contributed by atoms with Crippen LogP contribution in [0, 0.1) is 5.92 Å². The molecule has 1 amide bonds. The van der Waals surface area contributed by atoms with Gasteiger partial charge in [-0.15, -0.1) is 0 Å². The van der Waals surface area contributed by atoms with E-state index in [-0.39, 0.29) is 17.6 Å². The second kappa shape index (κ2) is 3.77. The first-order chi connectivity index (χ1) is 7.02. The van der Waals surface area contributed by atoms with Gasteiger partial charge in [-0.1, -0.05) is 12.8 Å². The fraction of sp³-hybridized carbons (Fsp3) is 0.900. The van der Waals surface area contributed by atoms with Gasteiger partial charge in [-0.2, -0.15) is 0 Å². The topological polar surface area (TPSA) is 54.5 Å². The molecule has 0 spiro atoms. The largest absolute Gasteiger partial charge is 0.344 e. The normalized spacial score (nSPS) is 35.8. The van der Waals surface area contributed by atoms with Crippen LogP contribution in [0.5, 0.6) is 0 Å². The Kier molecular flexibility index (Phi) is 2.75. The van der Waals surface area contributed by atoms with Crippen LogP contribution in [0.15, 0.2) is 0 Å². The molecule has 1 saturated carbocycles. The minimum atomic E-state index is -3.05. The van der Waals surface area contributed by atoms with Crippen LogP contribution in [0.2, 0.25) is 0 Å². The zero-order valence-corrected chi connectivity index (χ0v) is 9.79. The Morgan fingerprint density at radius 3 is 2.67 bits per heavy atom. The molecule has 2 fully saturated rings. The number of sulfone groups is 1. The summed E-state index contributed by atoms with van der Waals surface area (Å²) in [7, 11) is -1.35. The molecule has 2 aliphatic rings. The Morgan fingerprint density at radius 1 is 1.27 bits per heavy atom. The minimum absolute atomic E-state index is 0.0285. The van der Waals surface area contributed by atoms with E-state index in [0.29, 0.717) is 13.0 Å². The first-order valence-electron chi connectivity index (χ1n) is 5.49. The van der Waals surface area contributed by atoms with Gasteiger partial charge in [0.25, 0.3) is 0 Å². The predicted molar refractivity (Wildman–Crippen MR) is 57.2 cm³/mol. The van der Waals surface area contributed by atoms with E-state index in [1.54, 1.807) is 11.9 Å². The second-order valence-corrected chi connectivity index (χ2v) is 6.90. The van der Waals surface area contributed by atoms with Crippen molar-refractivity contribution in [3.05, 3.63) is 0 Å². The van der Waals surface area contributed by atoms with E-state index in [2.05, 4.69) is 0 Å². The van der Waals surface area contributed by atoms with Crippen molar-refractivity contribution in [1.82, 2.24) is 4.90 Å². The quantitative estimate of drug-likeness (QED) is 0.607. The highest BCUT2D eigenvalue weighted by molar-refractivity contribution is 7.92. The average molecular weight is 231 g/mol. The van der Waals surface area contributed by atoms with Gasteiger partial charge in [-0.05, 0) is 12.8 Å². The number of fused-ring (bicyclic) bond motifs is 1. The lowest BCUT2D eigenvalue weighted by molar-refractivity contribution is -0.134. The van der Waals surface area contributed by atoms with Crippen LogP contribution in [-0.2, 0) is 14.6 Å². The van der Waals surface area contributed by atoms with E-state index in [0.717, 1.165) is 19.3 Å². The number of carbonyl (C=O) groups is 1. The molecule has 0 aromatic carbocycles. The van der Waals surface area contributed by atoms with Gasteiger partial charge >= 0.3 is 0 Å². The van der Waals surface area contributed by atoms with Crippen LogP contribution in [-0.4, -0.2) is 43.8 Å². The van der Waals surface area contributed by atoms with E-state index >= 15 is 0 Å². The van der Waals surface area contributed by atoms with Gasteiger partial charge in [0.1, 0.15) is 0 Å². The Bertz CT molecular complexity index is 363. The maximum Gasteiger partial charge on any atom is 0.226 e. The number of rotatable bonds is 0. The summed E-state index contributed by atoms with van der Waals surface area (Å²) in [5.41, 5.74) is 0. The van der Waals surface area contributed by atoms with Gasteiger partial charge in [-0.3, -0.25) is 4.79 Å². The molecule has 0 aromatic heterocycles. The Hall–Kier alpha value is -0.580. The second-order valence-electron chi connectivity index (χ2n) is 4.56.